The SMILES string of the molecule is CC(C)(C)n1ncc(CCc2ccc(COCCI)cc2)c(Cl)c1=O. The minimum Gasteiger partial charge on any atom is -0.376 e. The van der Waals surface area contributed by atoms with Crippen molar-refractivity contribution in [1.82, 2.24) is 9.78 Å². The molecule has 1 aromatic carbocycles. The van der Waals surface area contributed by atoms with Crippen molar-refractivity contribution < 1.29 is 4.74 Å². The third-order valence-electron chi connectivity index (χ3n) is 3.82. The summed E-state index contributed by atoms with van der Waals surface area (Å²) < 4.78 is 7.97. The Morgan fingerprint density at radius 3 is 2.40 bits per heavy atom. The van der Waals surface area contributed by atoms with Crippen LogP contribution in [0.15, 0.2) is 35.3 Å². The van der Waals surface area contributed by atoms with Gasteiger partial charge in [0, 0.05) is 4.43 Å². The van der Waals surface area contributed by atoms with Gasteiger partial charge >= 0.3 is 0 Å². The van der Waals surface area contributed by atoms with Gasteiger partial charge in [0.2, 0.25) is 0 Å². The van der Waals surface area contributed by atoms with Crippen molar-refractivity contribution >= 4 is 34.2 Å². The van der Waals surface area contributed by atoms with Gasteiger partial charge in [-0.2, -0.15) is 5.10 Å². The summed E-state index contributed by atoms with van der Waals surface area (Å²) in [6, 6.07) is 8.36. The summed E-state index contributed by atoms with van der Waals surface area (Å²) in [4.78, 5) is 12.4. The lowest BCUT2D eigenvalue weighted by atomic mass is 10.0. The zero-order chi connectivity index (χ0) is 18.4. The van der Waals surface area contributed by atoms with Crippen LogP contribution in [0, 0.1) is 0 Å². The second-order valence-electron chi connectivity index (χ2n) is 6.93. The molecular weight excluding hydrogens is 451 g/mol. The molecule has 0 aliphatic heterocycles. The van der Waals surface area contributed by atoms with E-state index in [1.54, 1.807) is 6.20 Å². The summed E-state index contributed by atoms with van der Waals surface area (Å²) in [6.45, 7) is 7.21. The van der Waals surface area contributed by atoms with Gasteiger partial charge in [-0.15, -0.1) is 0 Å². The van der Waals surface area contributed by atoms with Gasteiger partial charge in [0.1, 0.15) is 5.02 Å². The molecule has 0 spiro atoms. The summed E-state index contributed by atoms with van der Waals surface area (Å²) in [5, 5.41) is 4.55. The first kappa shape index (κ1) is 20.4. The third kappa shape index (κ3) is 5.79. The van der Waals surface area contributed by atoms with Crippen molar-refractivity contribution in [2.75, 3.05) is 11.0 Å². The molecule has 0 bridgehead atoms. The molecule has 1 aromatic heterocycles. The fourth-order valence-electron chi connectivity index (χ4n) is 2.44. The number of alkyl halides is 1. The minimum atomic E-state index is -0.380. The van der Waals surface area contributed by atoms with E-state index in [2.05, 4.69) is 52.0 Å². The van der Waals surface area contributed by atoms with Crippen LogP contribution >= 0.6 is 34.2 Å². The standard InChI is InChI=1S/C19H24ClIN2O2/c1-19(2,3)23-18(24)17(20)16(12-22-23)9-8-14-4-6-15(7-5-14)13-25-11-10-21/h4-7,12H,8-11,13H2,1-3H3. The highest BCUT2D eigenvalue weighted by Gasteiger charge is 2.19. The molecule has 0 saturated carbocycles. The number of rotatable bonds is 7. The average Bonchev–Trinajstić information content (AvgIpc) is 2.56. The average molecular weight is 475 g/mol. The normalized spacial score (nSPS) is 11.7. The van der Waals surface area contributed by atoms with Gasteiger partial charge in [-0.3, -0.25) is 4.79 Å². The van der Waals surface area contributed by atoms with E-state index in [-0.39, 0.29) is 16.1 Å². The third-order valence-corrected chi connectivity index (χ3v) is 4.67. The first-order chi connectivity index (χ1) is 11.8. The van der Waals surface area contributed by atoms with Crippen molar-refractivity contribution in [3.8, 4) is 0 Å². The number of aromatic nitrogens is 2. The van der Waals surface area contributed by atoms with Gasteiger partial charge in [-0.1, -0.05) is 58.5 Å². The van der Waals surface area contributed by atoms with Gasteiger partial charge in [-0.05, 0) is 50.3 Å². The lowest BCUT2D eigenvalue weighted by molar-refractivity contribution is 0.138. The predicted octanol–water partition coefficient (Wildman–Crippen LogP) is 4.39. The van der Waals surface area contributed by atoms with Crippen LogP contribution in [0.3, 0.4) is 0 Å². The molecule has 25 heavy (non-hydrogen) atoms. The van der Waals surface area contributed by atoms with Crippen LogP contribution in [0.2, 0.25) is 5.02 Å². The molecule has 6 heteroatoms. The molecule has 2 aromatic rings. The van der Waals surface area contributed by atoms with Gasteiger partial charge in [0.25, 0.3) is 5.56 Å². The van der Waals surface area contributed by atoms with Crippen LogP contribution in [-0.4, -0.2) is 20.8 Å². The van der Waals surface area contributed by atoms with Crippen molar-refractivity contribution in [2.45, 2.75) is 45.8 Å². The molecule has 0 unspecified atom stereocenters. The molecule has 4 nitrogen and oxygen atoms in total. The molecule has 0 aliphatic carbocycles. The monoisotopic (exact) mass is 474 g/mol. The predicted molar refractivity (Wildman–Crippen MR) is 111 cm³/mol. The quantitative estimate of drug-likeness (QED) is 0.340. The van der Waals surface area contributed by atoms with Crippen LogP contribution in [-0.2, 0) is 29.7 Å². The summed E-state index contributed by atoms with van der Waals surface area (Å²) >= 11 is 8.57. The van der Waals surface area contributed by atoms with Crippen LogP contribution in [0.25, 0.3) is 0 Å². The Morgan fingerprint density at radius 2 is 1.80 bits per heavy atom. The van der Waals surface area contributed by atoms with E-state index in [1.807, 2.05) is 20.8 Å². The fourth-order valence-corrected chi connectivity index (χ4v) is 2.98. The molecule has 0 amide bonds. The zero-order valence-corrected chi connectivity index (χ0v) is 17.8. The van der Waals surface area contributed by atoms with E-state index in [1.165, 1.54) is 15.8 Å². The van der Waals surface area contributed by atoms with E-state index < -0.39 is 0 Å². The number of benzene rings is 1. The number of nitrogens with zero attached hydrogens (tertiary/aromatic N) is 2. The highest BCUT2D eigenvalue weighted by Crippen LogP contribution is 2.16. The first-order valence-electron chi connectivity index (χ1n) is 8.31. The van der Waals surface area contributed by atoms with Gasteiger partial charge < -0.3 is 4.74 Å². The van der Waals surface area contributed by atoms with Crippen molar-refractivity contribution in [3.05, 3.63) is 62.5 Å². The molecule has 0 atom stereocenters. The molecule has 0 N–H and O–H groups in total. The minimum absolute atomic E-state index is 0.227. The van der Waals surface area contributed by atoms with E-state index in [4.69, 9.17) is 16.3 Å². The van der Waals surface area contributed by atoms with E-state index in [9.17, 15) is 4.79 Å². The number of ether oxygens (including phenoxy) is 1. The van der Waals surface area contributed by atoms with E-state index in [0.29, 0.717) is 13.0 Å². The fraction of sp³-hybridized carbons (Fsp3) is 0.474. The molecule has 1 heterocycles. The first-order valence-corrected chi connectivity index (χ1v) is 10.2. The lowest BCUT2D eigenvalue weighted by Crippen LogP contribution is -2.36. The smallest absolute Gasteiger partial charge is 0.286 e. The maximum absolute atomic E-state index is 12.4. The van der Waals surface area contributed by atoms with Gasteiger partial charge in [-0.25, -0.2) is 4.68 Å². The Labute approximate surface area is 167 Å². The number of hydrogen-bond acceptors (Lipinski definition) is 3. The Morgan fingerprint density at radius 1 is 1.16 bits per heavy atom. The second-order valence-corrected chi connectivity index (χ2v) is 8.39. The molecule has 0 aliphatic rings. The van der Waals surface area contributed by atoms with Gasteiger partial charge in [0.05, 0.1) is 24.9 Å². The maximum Gasteiger partial charge on any atom is 0.286 e. The largest absolute Gasteiger partial charge is 0.376 e. The van der Waals surface area contributed by atoms with E-state index >= 15 is 0 Å². The summed E-state index contributed by atoms with van der Waals surface area (Å²) in [6.07, 6.45) is 3.22. The Kier molecular flexibility index (Phi) is 7.46. The molecule has 0 fully saturated rings. The molecule has 2 rings (SSSR count). The number of aryl methyl sites for hydroxylation is 2. The number of halogens is 2. The highest BCUT2D eigenvalue weighted by atomic mass is 127. The van der Waals surface area contributed by atoms with Gasteiger partial charge in [0.15, 0.2) is 0 Å². The molecule has 0 saturated heterocycles. The summed E-state index contributed by atoms with van der Waals surface area (Å²) in [5.41, 5.74) is 2.56. The molecular formula is C19H24ClIN2O2. The summed E-state index contributed by atoms with van der Waals surface area (Å²) in [5.74, 6) is 0. The second kappa shape index (κ2) is 9.14. The van der Waals surface area contributed by atoms with Crippen LogP contribution < -0.4 is 5.56 Å². The summed E-state index contributed by atoms with van der Waals surface area (Å²) in [7, 11) is 0. The molecule has 136 valence electrons. The van der Waals surface area contributed by atoms with Crippen molar-refractivity contribution in [3.63, 3.8) is 0 Å². The Hall–Kier alpha value is -0.920. The van der Waals surface area contributed by atoms with E-state index in [0.717, 1.165) is 23.0 Å². The van der Waals surface area contributed by atoms with Crippen LogP contribution in [0.4, 0.5) is 0 Å². The van der Waals surface area contributed by atoms with Crippen LogP contribution in [0.1, 0.15) is 37.5 Å². The lowest BCUT2D eigenvalue weighted by Gasteiger charge is -2.21. The zero-order valence-electron chi connectivity index (χ0n) is 14.9. The maximum atomic E-state index is 12.4. The highest BCUT2D eigenvalue weighted by molar-refractivity contribution is 14.1. The topological polar surface area (TPSA) is 44.1 Å². The van der Waals surface area contributed by atoms with Crippen molar-refractivity contribution in [2.24, 2.45) is 0 Å². The Balaban J connectivity index is 2.02. The Bertz CT molecular complexity index is 751. The number of hydrogen-bond donors (Lipinski definition) is 0. The van der Waals surface area contributed by atoms with Crippen molar-refractivity contribution in [1.29, 1.82) is 0 Å². The van der Waals surface area contributed by atoms with Crippen LogP contribution in [0.5, 0.6) is 0 Å². The molecule has 0 radical (unpaired) electrons.